The summed E-state index contributed by atoms with van der Waals surface area (Å²) in [4.78, 5) is 11.2. The Morgan fingerprint density at radius 2 is 1.91 bits per heavy atom. The van der Waals surface area contributed by atoms with Crippen molar-refractivity contribution in [2.24, 2.45) is 11.8 Å². The van der Waals surface area contributed by atoms with Crippen LogP contribution in [0.4, 0.5) is 4.79 Å². The number of amides is 2. The lowest BCUT2D eigenvalue weighted by Crippen LogP contribution is -2.47. The molecule has 1 aromatic carbocycles. The molecule has 1 aromatic rings. The molecule has 2 amide bonds. The highest BCUT2D eigenvalue weighted by atomic mass is 16.5. The molecule has 2 N–H and O–H groups in total. The minimum atomic E-state index is -0.0896. The number of carbonyl (C=O) groups is 1. The third kappa shape index (κ3) is 2.84. The van der Waals surface area contributed by atoms with Gasteiger partial charge in [0.1, 0.15) is 6.10 Å². The van der Waals surface area contributed by atoms with Gasteiger partial charge < -0.3 is 20.1 Å². The van der Waals surface area contributed by atoms with E-state index < -0.39 is 0 Å². The van der Waals surface area contributed by atoms with Crippen LogP contribution in [0.2, 0.25) is 0 Å². The highest BCUT2D eigenvalue weighted by molar-refractivity contribution is 5.75. The van der Waals surface area contributed by atoms with Gasteiger partial charge in [0.25, 0.3) is 0 Å². The van der Waals surface area contributed by atoms with E-state index >= 15 is 0 Å². The van der Waals surface area contributed by atoms with Crippen LogP contribution >= 0.6 is 0 Å². The van der Waals surface area contributed by atoms with E-state index in [-0.39, 0.29) is 11.9 Å². The SMILES string of the molecule is COc1ccc(C2CNC(=O)NC2)cc1OC1C[C@H]2CC[C@H]1C2. The van der Waals surface area contributed by atoms with Crippen LogP contribution in [0.5, 0.6) is 11.5 Å². The Morgan fingerprint density at radius 1 is 1.09 bits per heavy atom. The first kappa shape index (κ1) is 14.7. The van der Waals surface area contributed by atoms with Crippen LogP contribution in [0.1, 0.15) is 37.2 Å². The Balaban J connectivity index is 1.52. The van der Waals surface area contributed by atoms with Gasteiger partial charge >= 0.3 is 6.03 Å². The number of ether oxygens (including phenoxy) is 2. The molecule has 5 heteroatoms. The van der Waals surface area contributed by atoms with Gasteiger partial charge in [0.05, 0.1) is 7.11 Å². The van der Waals surface area contributed by atoms with E-state index in [1.165, 1.54) is 31.2 Å². The molecule has 2 aliphatic carbocycles. The van der Waals surface area contributed by atoms with Crippen LogP contribution in [-0.2, 0) is 0 Å². The van der Waals surface area contributed by atoms with E-state index in [9.17, 15) is 4.79 Å². The molecule has 1 aliphatic heterocycles. The number of rotatable bonds is 4. The van der Waals surface area contributed by atoms with Gasteiger partial charge in [-0.3, -0.25) is 0 Å². The average molecular weight is 316 g/mol. The summed E-state index contributed by atoms with van der Waals surface area (Å²) in [6.45, 7) is 1.32. The fraction of sp³-hybridized carbons (Fsp3) is 0.611. The summed E-state index contributed by atoms with van der Waals surface area (Å²) in [7, 11) is 1.69. The lowest BCUT2D eigenvalue weighted by molar-refractivity contribution is 0.133. The molecule has 3 atom stereocenters. The number of hydrogen-bond donors (Lipinski definition) is 2. The Morgan fingerprint density at radius 3 is 2.57 bits per heavy atom. The minimum Gasteiger partial charge on any atom is -0.493 e. The Kier molecular flexibility index (Phi) is 3.79. The summed E-state index contributed by atoms with van der Waals surface area (Å²) in [6, 6.07) is 6.05. The molecular formula is C18H24N2O3. The van der Waals surface area contributed by atoms with Crippen LogP contribution in [0.15, 0.2) is 18.2 Å². The fourth-order valence-corrected chi connectivity index (χ4v) is 4.34. The third-order valence-electron chi connectivity index (χ3n) is 5.63. The summed E-state index contributed by atoms with van der Waals surface area (Å²) in [5, 5.41) is 5.70. The molecule has 0 spiro atoms. The largest absolute Gasteiger partial charge is 0.493 e. The molecule has 2 saturated carbocycles. The highest BCUT2D eigenvalue weighted by Gasteiger charge is 2.41. The van der Waals surface area contributed by atoms with Gasteiger partial charge in [0.2, 0.25) is 0 Å². The predicted octanol–water partition coefficient (Wildman–Crippen LogP) is 2.66. The zero-order valence-corrected chi connectivity index (χ0v) is 13.5. The van der Waals surface area contributed by atoms with Gasteiger partial charge in [0, 0.05) is 19.0 Å². The monoisotopic (exact) mass is 316 g/mol. The predicted molar refractivity (Wildman–Crippen MR) is 87.0 cm³/mol. The zero-order valence-electron chi connectivity index (χ0n) is 13.5. The fourth-order valence-electron chi connectivity index (χ4n) is 4.34. The van der Waals surface area contributed by atoms with Crippen molar-refractivity contribution in [2.45, 2.75) is 37.7 Å². The van der Waals surface area contributed by atoms with Gasteiger partial charge in [-0.05, 0) is 55.2 Å². The number of carbonyl (C=O) groups excluding carboxylic acids is 1. The topological polar surface area (TPSA) is 59.6 Å². The van der Waals surface area contributed by atoms with E-state index in [4.69, 9.17) is 9.47 Å². The minimum absolute atomic E-state index is 0.0896. The smallest absolute Gasteiger partial charge is 0.314 e. The molecule has 4 rings (SSSR count). The van der Waals surface area contributed by atoms with Crippen molar-refractivity contribution in [3.63, 3.8) is 0 Å². The van der Waals surface area contributed by atoms with Crippen molar-refractivity contribution in [1.82, 2.24) is 10.6 Å². The molecule has 124 valence electrons. The average Bonchev–Trinajstić information content (AvgIpc) is 3.18. The lowest BCUT2D eigenvalue weighted by Gasteiger charge is -2.27. The van der Waals surface area contributed by atoms with Gasteiger partial charge in [-0.2, -0.15) is 0 Å². The maximum atomic E-state index is 11.2. The van der Waals surface area contributed by atoms with Crippen LogP contribution in [0, 0.1) is 11.8 Å². The molecule has 2 bridgehead atoms. The normalized spacial score (nSPS) is 30.0. The van der Waals surface area contributed by atoms with Crippen molar-refractivity contribution >= 4 is 6.03 Å². The van der Waals surface area contributed by atoms with Gasteiger partial charge in [0.15, 0.2) is 11.5 Å². The third-order valence-corrected chi connectivity index (χ3v) is 5.63. The molecular weight excluding hydrogens is 292 g/mol. The Hall–Kier alpha value is -1.91. The summed E-state index contributed by atoms with van der Waals surface area (Å²) in [5.74, 6) is 3.48. The van der Waals surface area contributed by atoms with Crippen molar-refractivity contribution in [3.8, 4) is 11.5 Å². The summed E-state index contributed by atoms with van der Waals surface area (Å²) in [5.41, 5.74) is 1.18. The van der Waals surface area contributed by atoms with E-state index in [1.54, 1.807) is 7.11 Å². The quantitative estimate of drug-likeness (QED) is 0.898. The van der Waals surface area contributed by atoms with E-state index in [0.29, 0.717) is 25.1 Å². The molecule has 23 heavy (non-hydrogen) atoms. The summed E-state index contributed by atoms with van der Waals surface area (Å²) >= 11 is 0. The highest BCUT2D eigenvalue weighted by Crippen LogP contribution is 2.47. The molecule has 3 aliphatic rings. The summed E-state index contributed by atoms with van der Waals surface area (Å²) < 4.78 is 11.8. The zero-order chi connectivity index (χ0) is 15.8. The van der Waals surface area contributed by atoms with Crippen LogP contribution in [0.3, 0.4) is 0 Å². The van der Waals surface area contributed by atoms with Gasteiger partial charge in [-0.15, -0.1) is 0 Å². The second-order valence-electron chi connectivity index (χ2n) is 7.03. The van der Waals surface area contributed by atoms with Crippen LogP contribution in [-0.4, -0.2) is 32.3 Å². The first-order valence-electron chi connectivity index (χ1n) is 8.59. The number of urea groups is 1. The summed E-state index contributed by atoms with van der Waals surface area (Å²) in [6.07, 6.45) is 5.51. The van der Waals surface area contributed by atoms with Gasteiger partial charge in [-0.25, -0.2) is 4.79 Å². The molecule has 5 nitrogen and oxygen atoms in total. The maximum absolute atomic E-state index is 11.2. The standard InChI is InChI=1S/C18H24N2O3/c1-22-15-5-4-12(14-9-19-18(21)20-10-14)8-17(15)23-16-7-11-2-3-13(16)6-11/h4-5,8,11,13-14,16H,2-3,6-7,9-10H2,1H3,(H2,19,20,21)/t11-,13-,16?/m0/s1. The number of methoxy groups -OCH3 is 1. The van der Waals surface area contributed by atoms with Gasteiger partial charge in [-0.1, -0.05) is 6.07 Å². The molecule has 1 heterocycles. The number of benzene rings is 1. The number of fused-ring (bicyclic) bond motifs is 2. The number of hydrogen-bond acceptors (Lipinski definition) is 3. The maximum Gasteiger partial charge on any atom is 0.314 e. The first-order valence-corrected chi connectivity index (χ1v) is 8.59. The Bertz CT molecular complexity index is 594. The molecule has 0 radical (unpaired) electrons. The lowest BCUT2D eigenvalue weighted by atomic mass is 9.96. The number of nitrogens with one attached hydrogen (secondary N) is 2. The van der Waals surface area contributed by atoms with Crippen molar-refractivity contribution in [1.29, 1.82) is 0 Å². The van der Waals surface area contributed by atoms with Crippen molar-refractivity contribution in [3.05, 3.63) is 23.8 Å². The molecule has 1 saturated heterocycles. The second-order valence-corrected chi connectivity index (χ2v) is 7.03. The van der Waals surface area contributed by atoms with E-state index in [2.05, 4.69) is 22.8 Å². The van der Waals surface area contributed by atoms with E-state index in [1.807, 2.05) is 6.07 Å². The molecule has 3 fully saturated rings. The Labute approximate surface area is 136 Å². The van der Waals surface area contributed by atoms with Crippen LogP contribution < -0.4 is 20.1 Å². The first-order chi connectivity index (χ1) is 11.2. The van der Waals surface area contributed by atoms with Crippen molar-refractivity contribution < 1.29 is 14.3 Å². The second kappa shape index (κ2) is 5.95. The van der Waals surface area contributed by atoms with Crippen molar-refractivity contribution in [2.75, 3.05) is 20.2 Å². The van der Waals surface area contributed by atoms with Crippen LogP contribution in [0.25, 0.3) is 0 Å². The molecule has 1 unspecified atom stereocenters. The van der Waals surface area contributed by atoms with E-state index in [0.717, 1.165) is 17.4 Å². The molecule has 0 aromatic heterocycles.